The molecule has 2 fully saturated rings. The lowest BCUT2D eigenvalue weighted by atomic mass is 9.88. The van der Waals surface area contributed by atoms with Gasteiger partial charge in [-0.1, -0.05) is 44.2 Å². The van der Waals surface area contributed by atoms with Gasteiger partial charge in [0.1, 0.15) is 5.60 Å². The molecule has 0 saturated carbocycles. The summed E-state index contributed by atoms with van der Waals surface area (Å²) in [6.07, 6.45) is 0.570. The minimum atomic E-state index is -0.903. The maximum Gasteiger partial charge on any atom is 0.234 e. The van der Waals surface area contributed by atoms with Crippen LogP contribution in [0.5, 0.6) is 0 Å². The third-order valence-corrected chi connectivity index (χ3v) is 7.09. The zero-order valence-electron chi connectivity index (χ0n) is 22.8. The van der Waals surface area contributed by atoms with E-state index >= 15 is 0 Å². The van der Waals surface area contributed by atoms with E-state index in [2.05, 4.69) is 23.3 Å². The molecule has 1 aromatic carbocycles. The van der Waals surface area contributed by atoms with Crippen molar-refractivity contribution in [2.24, 2.45) is 5.92 Å². The van der Waals surface area contributed by atoms with Gasteiger partial charge in [-0.05, 0) is 32.3 Å². The highest BCUT2D eigenvalue weighted by Gasteiger charge is 2.50. The molecule has 2 N–H and O–H groups in total. The number of thiol groups is 1. The summed E-state index contributed by atoms with van der Waals surface area (Å²) in [5.41, 5.74) is 0.00861. The van der Waals surface area contributed by atoms with E-state index in [4.69, 9.17) is 9.47 Å². The van der Waals surface area contributed by atoms with E-state index in [-0.39, 0.29) is 36.3 Å². The number of hydrogen-bond donors (Lipinski definition) is 3. The van der Waals surface area contributed by atoms with Crippen LogP contribution in [0.1, 0.15) is 46.1 Å². The van der Waals surface area contributed by atoms with Crippen LogP contribution in [0.4, 0.5) is 0 Å². The number of carbonyl (C=O) groups excluding carboxylic acids is 4. The van der Waals surface area contributed by atoms with Gasteiger partial charge in [0.05, 0.1) is 38.4 Å². The first kappa shape index (κ1) is 30.3. The highest BCUT2D eigenvalue weighted by molar-refractivity contribution is 7.81. The Morgan fingerprint density at radius 3 is 2.32 bits per heavy atom. The molecule has 3 rings (SSSR count). The van der Waals surface area contributed by atoms with Crippen LogP contribution in [0.25, 0.3) is 0 Å². The number of morpholine rings is 1. The Labute approximate surface area is 230 Å². The predicted molar refractivity (Wildman–Crippen MR) is 147 cm³/mol. The minimum Gasteiger partial charge on any atom is -0.379 e. The number of nitrogens with zero attached hydrogens (tertiary/aromatic N) is 1. The first-order valence-corrected chi connectivity index (χ1v) is 13.7. The summed E-state index contributed by atoms with van der Waals surface area (Å²) >= 11 is 4.60. The number of Topliss-reactive ketones (excluding diaryl/α,β-unsaturated/α-hetero) is 2. The van der Waals surface area contributed by atoms with E-state index < -0.39 is 28.3 Å². The zero-order chi connectivity index (χ0) is 27.9. The monoisotopic (exact) mass is 547 g/mol. The number of nitrogens with one attached hydrogen (secondary N) is 2. The molecule has 2 heterocycles. The second-order valence-electron chi connectivity index (χ2n) is 11.2. The Balaban J connectivity index is 1.65. The van der Waals surface area contributed by atoms with Crippen molar-refractivity contribution in [3.05, 3.63) is 35.9 Å². The van der Waals surface area contributed by atoms with Crippen molar-refractivity contribution in [2.45, 2.75) is 69.4 Å². The average molecular weight is 548 g/mol. The zero-order valence-corrected chi connectivity index (χ0v) is 23.7. The van der Waals surface area contributed by atoms with E-state index in [1.165, 1.54) is 0 Å². The number of hydrogen-bond acceptors (Lipinski definition) is 8. The number of epoxide rings is 1. The van der Waals surface area contributed by atoms with Gasteiger partial charge in [0.2, 0.25) is 11.8 Å². The summed E-state index contributed by atoms with van der Waals surface area (Å²) in [5, 5.41) is 5.67. The summed E-state index contributed by atoms with van der Waals surface area (Å²) in [5.74, 6) is -1.77. The summed E-state index contributed by atoms with van der Waals surface area (Å²) < 4.78 is 10.1. The molecule has 0 bridgehead atoms. The topological polar surface area (TPSA) is 117 Å². The first-order chi connectivity index (χ1) is 17.9. The molecule has 210 valence electrons. The van der Waals surface area contributed by atoms with Crippen LogP contribution in [0.2, 0.25) is 0 Å². The molecule has 1 aromatic rings. The lowest BCUT2D eigenvalue weighted by Crippen LogP contribution is -2.50. The summed E-state index contributed by atoms with van der Waals surface area (Å²) in [6.45, 7) is 10.1. The Morgan fingerprint density at radius 1 is 1.11 bits per heavy atom. The van der Waals surface area contributed by atoms with Crippen molar-refractivity contribution < 1.29 is 28.7 Å². The Hall–Kier alpha value is -2.27. The second-order valence-corrected chi connectivity index (χ2v) is 12.4. The van der Waals surface area contributed by atoms with Crippen LogP contribution in [-0.4, -0.2) is 90.2 Å². The fraction of sp³-hybridized carbons (Fsp3) is 0.643. The van der Waals surface area contributed by atoms with E-state index in [0.29, 0.717) is 45.8 Å². The van der Waals surface area contributed by atoms with Crippen molar-refractivity contribution >= 4 is 36.0 Å². The Bertz CT molecular complexity index is 986. The molecular formula is C28H41N3O6S. The van der Waals surface area contributed by atoms with E-state index in [1.54, 1.807) is 13.8 Å². The highest BCUT2D eigenvalue weighted by atomic mass is 32.1. The lowest BCUT2D eigenvalue weighted by molar-refractivity contribution is -0.134. The van der Waals surface area contributed by atoms with Crippen molar-refractivity contribution in [1.29, 1.82) is 0 Å². The Morgan fingerprint density at radius 2 is 1.74 bits per heavy atom. The Kier molecular flexibility index (Phi) is 10.5. The molecule has 0 aliphatic carbocycles. The molecule has 2 aliphatic rings. The molecule has 2 saturated heterocycles. The van der Waals surface area contributed by atoms with Crippen LogP contribution in [-0.2, 0) is 35.1 Å². The summed E-state index contributed by atoms with van der Waals surface area (Å²) in [4.78, 5) is 54.3. The van der Waals surface area contributed by atoms with Crippen LogP contribution in [0, 0.1) is 5.92 Å². The highest BCUT2D eigenvalue weighted by Crippen LogP contribution is 2.30. The summed E-state index contributed by atoms with van der Waals surface area (Å²) in [7, 11) is 0. The molecule has 38 heavy (non-hydrogen) atoms. The van der Waals surface area contributed by atoms with Gasteiger partial charge in [0, 0.05) is 30.2 Å². The molecule has 0 unspecified atom stereocenters. The lowest BCUT2D eigenvalue weighted by Gasteiger charge is -2.28. The summed E-state index contributed by atoms with van der Waals surface area (Å²) in [6, 6.07) is 7.93. The largest absolute Gasteiger partial charge is 0.379 e. The number of carbonyl (C=O) groups is 4. The molecule has 4 atom stereocenters. The van der Waals surface area contributed by atoms with Crippen LogP contribution in [0.15, 0.2) is 30.3 Å². The number of ether oxygens (including phenoxy) is 2. The van der Waals surface area contributed by atoms with Crippen LogP contribution < -0.4 is 10.6 Å². The van der Waals surface area contributed by atoms with Gasteiger partial charge in [0.15, 0.2) is 11.6 Å². The number of ketones is 2. The third-order valence-electron chi connectivity index (χ3n) is 6.91. The van der Waals surface area contributed by atoms with Crippen LogP contribution in [0.3, 0.4) is 0 Å². The number of rotatable bonds is 14. The molecule has 2 aliphatic heterocycles. The van der Waals surface area contributed by atoms with Gasteiger partial charge in [-0.25, -0.2) is 0 Å². The smallest absolute Gasteiger partial charge is 0.234 e. The normalized spacial score (nSPS) is 22.1. The molecular weight excluding hydrogens is 506 g/mol. The second kappa shape index (κ2) is 13.2. The van der Waals surface area contributed by atoms with E-state index in [1.807, 2.05) is 49.1 Å². The minimum absolute atomic E-state index is 0.0746. The van der Waals surface area contributed by atoms with Crippen LogP contribution >= 0.6 is 12.6 Å². The van der Waals surface area contributed by atoms with Crippen molar-refractivity contribution in [3.8, 4) is 0 Å². The molecule has 0 spiro atoms. The van der Waals surface area contributed by atoms with Gasteiger partial charge in [0.25, 0.3) is 0 Å². The van der Waals surface area contributed by atoms with Gasteiger partial charge in [-0.2, -0.15) is 12.6 Å². The predicted octanol–water partition coefficient (Wildman–Crippen LogP) is 1.58. The van der Waals surface area contributed by atoms with Gasteiger partial charge < -0.3 is 20.1 Å². The van der Waals surface area contributed by atoms with Gasteiger partial charge >= 0.3 is 0 Å². The van der Waals surface area contributed by atoms with Crippen molar-refractivity contribution in [2.75, 3.05) is 39.5 Å². The molecule has 0 aromatic heterocycles. The standard InChI is InChI=1S/C28H41N3O6S/c1-19(29-24(33)17-31-10-12-36-13-11-31)23(32)15-21(16-27(2,3)38)26(35)30-22(25(34)28(4)18-37-28)14-20-8-6-5-7-9-20/h5-9,19,21-22,38H,10-18H2,1-4H3,(H,29,33)(H,30,35)/t19-,21-,22-,28+/m0/s1. The molecule has 2 amide bonds. The fourth-order valence-corrected chi connectivity index (χ4v) is 4.80. The van der Waals surface area contributed by atoms with Crippen molar-refractivity contribution in [3.63, 3.8) is 0 Å². The third kappa shape index (κ3) is 9.48. The van der Waals surface area contributed by atoms with Crippen molar-refractivity contribution in [1.82, 2.24) is 15.5 Å². The van der Waals surface area contributed by atoms with Gasteiger partial charge in [-0.3, -0.25) is 24.1 Å². The van der Waals surface area contributed by atoms with E-state index in [9.17, 15) is 19.2 Å². The van der Waals surface area contributed by atoms with Gasteiger partial charge in [-0.15, -0.1) is 0 Å². The molecule has 0 radical (unpaired) electrons. The molecule has 9 nitrogen and oxygen atoms in total. The number of amides is 2. The quantitative estimate of drug-likeness (QED) is 0.239. The average Bonchev–Trinajstić information content (AvgIpc) is 3.61. The fourth-order valence-electron chi connectivity index (χ4n) is 4.58. The first-order valence-electron chi connectivity index (χ1n) is 13.2. The number of benzene rings is 1. The maximum atomic E-state index is 13.5. The molecule has 10 heteroatoms. The SMILES string of the molecule is C[C@H](NC(=O)CN1CCOCC1)C(=O)C[C@@H](CC(C)(C)S)C(=O)N[C@@H](Cc1ccccc1)C(=O)[C@@]1(C)CO1. The maximum absolute atomic E-state index is 13.5. The van der Waals surface area contributed by atoms with E-state index in [0.717, 1.165) is 5.56 Å².